The lowest BCUT2D eigenvalue weighted by molar-refractivity contribution is 0.665. The Balaban J connectivity index is 1.42. The van der Waals surface area contributed by atoms with Gasteiger partial charge >= 0.3 is 0 Å². The van der Waals surface area contributed by atoms with Crippen LogP contribution in [0.5, 0.6) is 0 Å². The number of para-hydroxylation sites is 2. The van der Waals surface area contributed by atoms with E-state index in [0.717, 1.165) is 67.5 Å². The number of allylic oxidation sites excluding steroid dienone is 4. The van der Waals surface area contributed by atoms with Crippen molar-refractivity contribution in [3.05, 3.63) is 131 Å². The van der Waals surface area contributed by atoms with Gasteiger partial charge in [-0.2, -0.15) is 0 Å². The summed E-state index contributed by atoms with van der Waals surface area (Å²) >= 11 is 0. The number of furan rings is 1. The number of terminal acetylenes is 1. The molecule has 0 atom stereocenters. The third-order valence-corrected chi connectivity index (χ3v) is 8.47. The number of hydrogen-bond acceptors (Lipinski definition) is 1. The van der Waals surface area contributed by atoms with E-state index in [1.165, 1.54) is 22.2 Å². The lowest BCUT2D eigenvalue weighted by atomic mass is 10.1. The van der Waals surface area contributed by atoms with Gasteiger partial charge in [0.2, 0.25) is 0 Å². The van der Waals surface area contributed by atoms with Crippen LogP contribution in [-0.2, 0) is 6.42 Å². The van der Waals surface area contributed by atoms with Crippen LogP contribution in [0.4, 0.5) is 0 Å². The molecule has 7 aromatic rings. The van der Waals surface area contributed by atoms with Gasteiger partial charge < -0.3 is 13.6 Å². The Morgan fingerprint density at radius 3 is 2.45 bits per heavy atom. The Morgan fingerprint density at radius 2 is 1.60 bits per heavy atom. The van der Waals surface area contributed by atoms with Crippen molar-refractivity contribution in [2.45, 2.75) is 20.3 Å². The summed E-state index contributed by atoms with van der Waals surface area (Å²) in [5, 5.41) is 4.61. The van der Waals surface area contributed by atoms with Crippen molar-refractivity contribution in [1.29, 1.82) is 0 Å². The summed E-state index contributed by atoms with van der Waals surface area (Å²) in [7, 11) is 0. The molecule has 3 heterocycles. The molecule has 3 nitrogen and oxygen atoms in total. The summed E-state index contributed by atoms with van der Waals surface area (Å²) in [6, 6.07) is 28.0. The summed E-state index contributed by atoms with van der Waals surface area (Å²) in [5.41, 5.74) is 11.8. The van der Waals surface area contributed by atoms with Gasteiger partial charge in [-0.25, -0.2) is 0 Å². The van der Waals surface area contributed by atoms with E-state index >= 15 is 0 Å². The molecule has 0 N–H and O–H groups in total. The molecule has 0 fully saturated rings. The highest BCUT2D eigenvalue weighted by Crippen LogP contribution is 2.38. The van der Waals surface area contributed by atoms with Gasteiger partial charge in [-0.3, -0.25) is 0 Å². The van der Waals surface area contributed by atoms with Crippen LogP contribution < -0.4 is 0 Å². The molecule has 3 aromatic heterocycles. The van der Waals surface area contributed by atoms with Gasteiger partial charge in [-0.15, -0.1) is 6.42 Å². The Morgan fingerprint density at radius 1 is 0.810 bits per heavy atom. The molecule has 0 bridgehead atoms. The van der Waals surface area contributed by atoms with Gasteiger partial charge in [0.1, 0.15) is 16.9 Å². The highest BCUT2D eigenvalue weighted by atomic mass is 16.3. The van der Waals surface area contributed by atoms with E-state index in [-0.39, 0.29) is 0 Å². The number of rotatable bonds is 3. The molecule has 0 unspecified atom stereocenters. The first-order valence-electron chi connectivity index (χ1n) is 14.3. The monoisotopic (exact) mass is 540 g/mol. The van der Waals surface area contributed by atoms with Crippen LogP contribution >= 0.6 is 0 Å². The lowest BCUT2D eigenvalue weighted by Gasteiger charge is -2.12. The largest absolute Gasteiger partial charge is 0.456 e. The zero-order valence-electron chi connectivity index (χ0n) is 23.6. The van der Waals surface area contributed by atoms with Gasteiger partial charge in [0, 0.05) is 38.5 Å². The first-order valence-corrected chi connectivity index (χ1v) is 14.3. The van der Waals surface area contributed by atoms with Crippen LogP contribution in [0.2, 0.25) is 0 Å². The van der Waals surface area contributed by atoms with Crippen molar-refractivity contribution < 1.29 is 4.42 Å². The highest BCUT2D eigenvalue weighted by Gasteiger charge is 2.21. The van der Waals surface area contributed by atoms with Gasteiger partial charge in [0.05, 0.1) is 16.7 Å². The minimum Gasteiger partial charge on any atom is -0.456 e. The minimum absolute atomic E-state index is 0.840. The van der Waals surface area contributed by atoms with Gasteiger partial charge in [0.25, 0.3) is 0 Å². The second kappa shape index (κ2) is 9.29. The number of aromatic nitrogens is 2. The van der Waals surface area contributed by atoms with E-state index in [1.54, 1.807) is 0 Å². The highest BCUT2D eigenvalue weighted by molar-refractivity contribution is 6.07. The number of nitrogens with zero attached hydrogens (tertiary/aromatic N) is 2. The predicted molar refractivity (Wildman–Crippen MR) is 177 cm³/mol. The maximum Gasteiger partial charge on any atom is 0.138 e. The zero-order valence-corrected chi connectivity index (χ0v) is 23.6. The van der Waals surface area contributed by atoms with Crippen LogP contribution in [0.25, 0.3) is 67.3 Å². The number of benzene rings is 4. The quantitative estimate of drug-likeness (QED) is 0.205. The Labute approximate surface area is 244 Å². The van der Waals surface area contributed by atoms with Crippen molar-refractivity contribution >= 4 is 55.9 Å². The molecule has 1 aliphatic carbocycles. The van der Waals surface area contributed by atoms with Crippen LogP contribution in [0.3, 0.4) is 0 Å². The SMILES string of the molecule is C#Cc1c(/C=C\C)c2cc(-n3c4c(c5ccccc53)CC=CC=C4)ccc2n1-c1cc(C)c2oc3ccccc3c2c1. The second-order valence-corrected chi connectivity index (χ2v) is 10.9. The standard InChI is InChI=1S/C39H28N2O/c1-4-13-28-32-23-26(40-35-17-8-6-7-14-29(35)30-15-9-11-18-36(30)40)20-21-37(32)41(34(28)5-2)27-22-25(3)39-33(24-27)31-16-10-12-19-38(31)42-39/h2,4,6-13,15-24H,14H2,1,3H3/b13-4-. The fraction of sp³-hybridized carbons (Fsp3) is 0.0769. The molecule has 8 rings (SSSR count). The molecule has 0 spiro atoms. The van der Waals surface area contributed by atoms with Gasteiger partial charge in [0.15, 0.2) is 0 Å². The van der Waals surface area contributed by atoms with Crippen LogP contribution in [0.1, 0.15) is 35.0 Å². The molecule has 0 saturated heterocycles. The molecule has 200 valence electrons. The molecule has 3 heteroatoms. The van der Waals surface area contributed by atoms with Gasteiger partial charge in [-0.1, -0.05) is 72.7 Å². The molecule has 0 radical (unpaired) electrons. The second-order valence-electron chi connectivity index (χ2n) is 10.9. The molecular formula is C39H28N2O. The summed E-state index contributed by atoms with van der Waals surface area (Å²) < 4.78 is 10.8. The minimum atomic E-state index is 0.840. The van der Waals surface area contributed by atoms with Crippen molar-refractivity contribution in [2.24, 2.45) is 0 Å². The fourth-order valence-corrected chi connectivity index (χ4v) is 6.70. The molecule has 42 heavy (non-hydrogen) atoms. The fourth-order valence-electron chi connectivity index (χ4n) is 6.70. The molecule has 0 saturated carbocycles. The van der Waals surface area contributed by atoms with E-state index < -0.39 is 0 Å². The zero-order chi connectivity index (χ0) is 28.4. The van der Waals surface area contributed by atoms with Crippen molar-refractivity contribution in [3.63, 3.8) is 0 Å². The summed E-state index contributed by atoms with van der Waals surface area (Å²) in [6.45, 7) is 4.14. The van der Waals surface area contributed by atoms with Crippen LogP contribution in [-0.4, -0.2) is 9.13 Å². The van der Waals surface area contributed by atoms with Crippen molar-refractivity contribution in [1.82, 2.24) is 9.13 Å². The smallest absolute Gasteiger partial charge is 0.138 e. The Hall–Kier alpha value is -5.46. The van der Waals surface area contributed by atoms with Gasteiger partial charge in [-0.05, 0) is 79.9 Å². The van der Waals surface area contributed by atoms with E-state index in [2.05, 4.69) is 125 Å². The molecule has 0 amide bonds. The summed E-state index contributed by atoms with van der Waals surface area (Å²) in [6.07, 6.45) is 20.1. The van der Waals surface area contributed by atoms with Crippen molar-refractivity contribution in [3.8, 4) is 23.7 Å². The average molecular weight is 541 g/mol. The maximum absolute atomic E-state index is 6.28. The summed E-state index contributed by atoms with van der Waals surface area (Å²) in [4.78, 5) is 0. The van der Waals surface area contributed by atoms with E-state index in [4.69, 9.17) is 10.8 Å². The molecule has 0 aliphatic heterocycles. The number of fused-ring (bicyclic) bond motifs is 7. The molecule has 4 aromatic carbocycles. The van der Waals surface area contributed by atoms with Crippen molar-refractivity contribution in [2.75, 3.05) is 0 Å². The Bertz CT molecular complexity index is 2360. The number of aryl methyl sites for hydroxylation is 1. The lowest BCUT2D eigenvalue weighted by Crippen LogP contribution is -1.99. The van der Waals surface area contributed by atoms with E-state index in [0.29, 0.717) is 0 Å². The topological polar surface area (TPSA) is 23.0 Å². The first kappa shape index (κ1) is 24.3. The average Bonchev–Trinajstić information content (AvgIpc) is 3.57. The normalized spacial score (nSPS) is 13.1. The first-order chi connectivity index (χ1) is 20.7. The van der Waals surface area contributed by atoms with Crippen LogP contribution in [0.15, 0.2) is 108 Å². The summed E-state index contributed by atoms with van der Waals surface area (Å²) in [5.74, 6) is 3.04. The van der Waals surface area contributed by atoms with E-state index in [9.17, 15) is 0 Å². The van der Waals surface area contributed by atoms with E-state index in [1.807, 2.05) is 19.1 Å². The molecular weight excluding hydrogens is 512 g/mol. The maximum atomic E-state index is 6.28. The third kappa shape index (κ3) is 3.42. The molecule has 1 aliphatic rings. The number of hydrogen-bond donors (Lipinski definition) is 0. The Kier molecular flexibility index (Phi) is 5.39. The predicted octanol–water partition coefficient (Wildman–Crippen LogP) is 9.92. The third-order valence-electron chi connectivity index (χ3n) is 8.47. The van der Waals surface area contributed by atoms with Crippen LogP contribution in [0, 0.1) is 19.3 Å².